The Morgan fingerprint density at radius 3 is 2.53 bits per heavy atom. The SMILES string of the molecule is COc1cc(C(C)C)ccc1NCCC(C)(C)CN. The van der Waals surface area contributed by atoms with E-state index in [9.17, 15) is 0 Å². The molecule has 0 bridgehead atoms. The number of hydrogen-bond acceptors (Lipinski definition) is 3. The number of ether oxygens (including phenoxy) is 1. The minimum Gasteiger partial charge on any atom is -0.495 e. The lowest BCUT2D eigenvalue weighted by Gasteiger charge is -2.23. The standard InChI is InChI=1S/C16H28N2O/c1-12(2)13-6-7-14(15(10-13)19-5)18-9-8-16(3,4)11-17/h6-7,10,12,18H,8-9,11,17H2,1-5H3. The fourth-order valence-electron chi connectivity index (χ4n) is 1.85. The molecule has 3 nitrogen and oxygen atoms in total. The average molecular weight is 264 g/mol. The minimum absolute atomic E-state index is 0.179. The van der Waals surface area contributed by atoms with Gasteiger partial charge in [0.05, 0.1) is 12.8 Å². The van der Waals surface area contributed by atoms with E-state index in [1.54, 1.807) is 7.11 Å². The lowest BCUT2D eigenvalue weighted by molar-refractivity contribution is 0.357. The van der Waals surface area contributed by atoms with Gasteiger partial charge in [-0.3, -0.25) is 0 Å². The van der Waals surface area contributed by atoms with Crippen molar-refractivity contribution in [2.45, 2.75) is 40.0 Å². The van der Waals surface area contributed by atoms with Crippen LogP contribution in [-0.4, -0.2) is 20.2 Å². The summed E-state index contributed by atoms with van der Waals surface area (Å²) in [4.78, 5) is 0. The van der Waals surface area contributed by atoms with Gasteiger partial charge in [-0.05, 0) is 42.0 Å². The Hall–Kier alpha value is -1.22. The van der Waals surface area contributed by atoms with Crippen molar-refractivity contribution in [3.63, 3.8) is 0 Å². The molecule has 3 heteroatoms. The summed E-state index contributed by atoms with van der Waals surface area (Å²) in [5.41, 5.74) is 8.27. The highest BCUT2D eigenvalue weighted by atomic mass is 16.5. The smallest absolute Gasteiger partial charge is 0.142 e. The van der Waals surface area contributed by atoms with Crippen LogP contribution in [0.15, 0.2) is 18.2 Å². The molecule has 0 fully saturated rings. The van der Waals surface area contributed by atoms with E-state index in [0.717, 1.165) is 24.4 Å². The molecule has 0 aliphatic heterocycles. The van der Waals surface area contributed by atoms with E-state index in [0.29, 0.717) is 12.5 Å². The fraction of sp³-hybridized carbons (Fsp3) is 0.625. The van der Waals surface area contributed by atoms with Crippen LogP contribution < -0.4 is 15.8 Å². The van der Waals surface area contributed by atoms with Gasteiger partial charge in [0.15, 0.2) is 0 Å². The minimum atomic E-state index is 0.179. The van der Waals surface area contributed by atoms with Crippen molar-refractivity contribution in [3.8, 4) is 5.75 Å². The zero-order valence-corrected chi connectivity index (χ0v) is 12.9. The molecule has 3 N–H and O–H groups in total. The Balaban J connectivity index is 2.68. The number of rotatable bonds is 7. The van der Waals surface area contributed by atoms with E-state index < -0.39 is 0 Å². The Morgan fingerprint density at radius 2 is 2.00 bits per heavy atom. The van der Waals surface area contributed by atoms with Gasteiger partial charge in [-0.2, -0.15) is 0 Å². The highest BCUT2D eigenvalue weighted by Gasteiger charge is 2.15. The predicted molar refractivity (Wildman–Crippen MR) is 83.0 cm³/mol. The van der Waals surface area contributed by atoms with Crippen molar-refractivity contribution in [2.75, 3.05) is 25.5 Å². The molecule has 0 atom stereocenters. The Morgan fingerprint density at radius 1 is 1.32 bits per heavy atom. The normalized spacial score (nSPS) is 11.7. The topological polar surface area (TPSA) is 47.3 Å². The Kier molecular flexibility index (Phi) is 5.67. The van der Waals surface area contributed by atoms with E-state index in [1.807, 2.05) is 0 Å². The van der Waals surface area contributed by atoms with Gasteiger partial charge in [0, 0.05) is 6.54 Å². The summed E-state index contributed by atoms with van der Waals surface area (Å²) >= 11 is 0. The molecule has 0 radical (unpaired) electrons. The number of methoxy groups -OCH3 is 1. The first kappa shape index (κ1) is 15.8. The van der Waals surface area contributed by atoms with Crippen LogP contribution in [0.1, 0.15) is 45.6 Å². The van der Waals surface area contributed by atoms with Crippen molar-refractivity contribution in [3.05, 3.63) is 23.8 Å². The molecule has 0 saturated carbocycles. The molecule has 0 unspecified atom stereocenters. The molecule has 0 aromatic heterocycles. The van der Waals surface area contributed by atoms with Gasteiger partial charge in [-0.15, -0.1) is 0 Å². The molecule has 1 rings (SSSR count). The van der Waals surface area contributed by atoms with Crippen molar-refractivity contribution >= 4 is 5.69 Å². The maximum Gasteiger partial charge on any atom is 0.142 e. The second-order valence-electron chi connectivity index (χ2n) is 6.16. The zero-order valence-electron chi connectivity index (χ0n) is 12.9. The molecule has 0 amide bonds. The highest BCUT2D eigenvalue weighted by molar-refractivity contribution is 5.58. The van der Waals surface area contributed by atoms with E-state index >= 15 is 0 Å². The molecular weight excluding hydrogens is 236 g/mol. The van der Waals surface area contributed by atoms with Gasteiger partial charge >= 0.3 is 0 Å². The molecule has 1 aromatic carbocycles. The summed E-state index contributed by atoms with van der Waals surface area (Å²) < 4.78 is 5.46. The lowest BCUT2D eigenvalue weighted by atomic mass is 9.90. The summed E-state index contributed by atoms with van der Waals surface area (Å²) in [5.74, 6) is 1.43. The van der Waals surface area contributed by atoms with Gasteiger partial charge in [0.2, 0.25) is 0 Å². The third kappa shape index (κ3) is 4.75. The highest BCUT2D eigenvalue weighted by Crippen LogP contribution is 2.29. The molecule has 0 aliphatic carbocycles. The number of nitrogens with one attached hydrogen (secondary N) is 1. The largest absolute Gasteiger partial charge is 0.495 e. The quantitative estimate of drug-likeness (QED) is 0.791. The number of hydrogen-bond donors (Lipinski definition) is 2. The fourth-order valence-corrected chi connectivity index (χ4v) is 1.85. The van der Waals surface area contributed by atoms with Crippen molar-refractivity contribution in [1.82, 2.24) is 0 Å². The number of benzene rings is 1. The average Bonchev–Trinajstić information content (AvgIpc) is 2.38. The van der Waals surface area contributed by atoms with Crippen LogP contribution in [0.5, 0.6) is 5.75 Å². The van der Waals surface area contributed by atoms with Gasteiger partial charge in [-0.25, -0.2) is 0 Å². The first-order chi connectivity index (χ1) is 8.89. The molecular formula is C16H28N2O. The summed E-state index contributed by atoms with van der Waals surface area (Å²) in [6, 6.07) is 6.37. The molecule has 0 spiro atoms. The van der Waals surface area contributed by atoms with Crippen molar-refractivity contribution < 1.29 is 4.74 Å². The molecule has 0 aliphatic rings. The second-order valence-corrected chi connectivity index (χ2v) is 6.16. The lowest BCUT2D eigenvalue weighted by Crippen LogP contribution is -2.26. The number of nitrogens with two attached hydrogens (primary N) is 1. The van der Waals surface area contributed by atoms with Gasteiger partial charge in [0.25, 0.3) is 0 Å². The maximum atomic E-state index is 5.74. The molecule has 1 aromatic rings. The van der Waals surface area contributed by atoms with E-state index in [1.165, 1.54) is 5.56 Å². The summed E-state index contributed by atoms with van der Waals surface area (Å²) in [5, 5.41) is 3.44. The predicted octanol–water partition coefficient (Wildman–Crippen LogP) is 3.61. The van der Waals surface area contributed by atoms with Gasteiger partial charge < -0.3 is 15.8 Å². The molecule has 0 heterocycles. The van der Waals surface area contributed by atoms with Crippen LogP contribution in [-0.2, 0) is 0 Å². The first-order valence-electron chi connectivity index (χ1n) is 7.01. The number of anilines is 1. The molecule has 19 heavy (non-hydrogen) atoms. The summed E-state index contributed by atoms with van der Waals surface area (Å²) in [7, 11) is 1.72. The van der Waals surface area contributed by atoms with Crippen LogP contribution >= 0.6 is 0 Å². The third-order valence-corrected chi connectivity index (χ3v) is 3.56. The van der Waals surface area contributed by atoms with Crippen LogP contribution in [0.2, 0.25) is 0 Å². The third-order valence-electron chi connectivity index (χ3n) is 3.56. The van der Waals surface area contributed by atoms with Crippen LogP contribution in [0.3, 0.4) is 0 Å². The van der Waals surface area contributed by atoms with Crippen molar-refractivity contribution in [2.24, 2.45) is 11.1 Å². The first-order valence-corrected chi connectivity index (χ1v) is 7.01. The van der Waals surface area contributed by atoms with E-state index in [4.69, 9.17) is 10.5 Å². The second kappa shape index (κ2) is 6.80. The monoisotopic (exact) mass is 264 g/mol. The zero-order chi connectivity index (χ0) is 14.5. The van der Waals surface area contributed by atoms with E-state index in [2.05, 4.69) is 51.2 Å². The van der Waals surface area contributed by atoms with Crippen molar-refractivity contribution in [1.29, 1.82) is 0 Å². The molecule has 108 valence electrons. The molecule has 0 saturated heterocycles. The van der Waals surface area contributed by atoms with Crippen LogP contribution in [0, 0.1) is 5.41 Å². The van der Waals surface area contributed by atoms with Crippen LogP contribution in [0.25, 0.3) is 0 Å². The van der Waals surface area contributed by atoms with Crippen LogP contribution in [0.4, 0.5) is 5.69 Å². The van der Waals surface area contributed by atoms with E-state index in [-0.39, 0.29) is 5.41 Å². The Labute approximate surface area is 117 Å². The maximum absolute atomic E-state index is 5.74. The van der Waals surface area contributed by atoms with Gasteiger partial charge in [-0.1, -0.05) is 33.8 Å². The summed E-state index contributed by atoms with van der Waals surface area (Å²) in [6.07, 6.45) is 1.04. The summed E-state index contributed by atoms with van der Waals surface area (Å²) in [6.45, 7) is 10.4. The Bertz CT molecular complexity index is 400. The van der Waals surface area contributed by atoms with Gasteiger partial charge in [0.1, 0.15) is 5.75 Å².